The quantitative estimate of drug-likeness (QED) is 0.818. The number of amides is 1. The summed E-state index contributed by atoms with van der Waals surface area (Å²) in [5.41, 5.74) is 1.41. The molecule has 134 valence electrons. The van der Waals surface area contributed by atoms with Gasteiger partial charge in [0.1, 0.15) is 5.52 Å². The van der Waals surface area contributed by atoms with E-state index in [0.717, 1.165) is 30.3 Å². The van der Waals surface area contributed by atoms with Gasteiger partial charge < -0.3 is 10.1 Å². The van der Waals surface area contributed by atoms with Crippen LogP contribution in [-0.2, 0) is 4.79 Å². The molecule has 1 aliphatic rings. The zero-order valence-electron chi connectivity index (χ0n) is 14.4. The van der Waals surface area contributed by atoms with Gasteiger partial charge in [0.05, 0.1) is 10.0 Å². The Bertz CT molecular complexity index is 795. The molecular formula is C19H22Cl2N2O2. The second-order valence-corrected chi connectivity index (χ2v) is 7.56. The van der Waals surface area contributed by atoms with Crippen molar-refractivity contribution in [3.8, 4) is 5.75 Å². The van der Waals surface area contributed by atoms with Gasteiger partial charge in [0.2, 0.25) is 0 Å². The van der Waals surface area contributed by atoms with Gasteiger partial charge in [0, 0.05) is 17.1 Å². The highest BCUT2D eigenvalue weighted by Gasteiger charge is 2.23. The second-order valence-electron chi connectivity index (χ2n) is 6.74. The summed E-state index contributed by atoms with van der Waals surface area (Å²) >= 11 is 12.5. The van der Waals surface area contributed by atoms with E-state index in [1.165, 1.54) is 6.42 Å². The average Bonchev–Trinajstić information content (AvgIpc) is 2.56. The molecule has 3 rings (SSSR count). The van der Waals surface area contributed by atoms with Gasteiger partial charge in [-0.25, -0.2) is 4.98 Å². The summed E-state index contributed by atoms with van der Waals surface area (Å²) in [6.45, 7) is 3.98. The van der Waals surface area contributed by atoms with Gasteiger partial charge in [-0.1, -0.05) is 43.0 Å². The van der Waals surface area contributed by atoms with E-state index >= 15 is 0 Å². The molecule has 1 aliphatic carbocycles. The van der Waals surface area contributed by atoms with Crippen LogP contribution in [0, 0.1) is 12.8 Å². The Morgan fingerprint density at radius 1 is 1.28 bits per heavy atom. The summed E-state index contributed by atoms with van der Waals surface area (Å²) in [4.78, 5) is 16.8. The monoisotopic (exact) mass is 380 g/mol. The van der Waals surface area contributed by atoms with Crippen LogP contribution in [0.25, 0.3) is 10.9 Å². The summed E-state index contributed by atoms with van der Waals surface area (Å²) in [6.07, 6.45) is 4.58. The molecular weight excluding hydrogens is 359 g/mol. The fourth-order valence-electron chi connectivity index (χ4n) is 3.34. The highest BCUT2D eigenvalue weighted by molar-refractivity contribution is 6.39. The van der Waals surface area contributed by atoms with Gasteiger partial charge in [-0.15, -0.1) is 0 Å². The highest BCUT2D eigenvalue weighted by Crippen LogP contribution is 2.37. The van der Waals surface area contributed by atoms with Crippen molar-refractivity contribution < 1.29 is 9.53 Å². The predicted octanol–water partition coefficient (Wildman–Crippen LogP) is 4.92. The average molecular weight is 381 g/mol. The Balaban J connectivity index is 1.74. The zero-order valence-corrected chi connectivity index (χ0v) is 16.0. The molecule has 0 radical (unpaired) electrons. The minimum Gasteiger partial charge on any atom is -0.480 e. The van der Waals surface area contributed by atoms with Crippen LogP contribution in [0.5, 0.6) is 5.75 Å². The molecule has 2 aromatic rings. The number of carbonyl (C=O) groups excluding carboxylic acids is 1. The molecule has 0 spiro atoms. The van der Waals surface area contributed by atoms with E-state index in [1.807, 2.05) is 19.1 Å². The topological polar surface area (TPSA) is 51.2 Å². The van der Waals surface area contributed by atoms with E-state index < -0.39 is 0 Å². The van der Waals surface area contributed by atoms with Crippen molar-refractivity contribution in [2.24, 2.45) is 5.92 Å². The Morgan fingerprint density at radius 2 is 2.04 bits per heavy atom. The van der Waals surface area contributed by atoms with Gasteiger partial charge in [0.15, 0.2) is 12.4 Å². The third-order valence-electron chi connectivity index (χ3n) is 4.78. The highest BCUT2D eigenvalue weighted by atomic mass is 35.5. The number of pyridine rings is 1. The summed E-state index contributed by atoms with van der Waals surface area (Å²) in [7, 11) is 0. The lowest BCUT2D eigenvalue weighted by atomic mass is 9.86. The molecule has 1 aromatic carbocycles. The molecule has 0 saturated heterocycles. The number of ether oxygens (including phenoxy) is 1. The third-order valence-corrected chi connectivity index (χ3v) is 5.38. The van der Waals surface area contributed by atoms with Crippen molar-refractivity contribution in [2.75, 3.05) is 6.61 Å². The molecule has 2 atom stereocenters. The van der Waals surface area contributed by atoms with Crippen LogP contribution in [-0.4, -0.2) is 23.5 Å². The van der Waals surface area contributed by atoms with Crippen molar-refractivity contribution in [3.05, 3.63) is 33.9 Å². The van der Waals surface area contributed by atoms with Crippen LogP contribution in [0.1, 0.15) is 38.3 Å². The summed E-state index contributed by atoms with van der Waals surface area (Å²) in [5, 5.41) is 4.70. The normalized spacial score (nSPS) is 20.5. The first-order valence-corrected chi connectivity index (χ1v) is 9.39. The smallest absolute Gasteiger partial charge is 0.258 e. The second kappa shape index (κ2) is 7.79. The van der Waals surface area contributed by atoms with Crippen LogP contribution in [0.2, 0.25) is 10.0 Å². The number of hydrogen-bond donors (Lipinski definition) is 1. The molecule has 1 N–H and O–H groups in total. The molecule has 0 aliphatic heterocycles. The number of aryl methyl sites for hydroxylation is 1. The lowest BCUT2D eigenvalue weighted by Gasteiger charge is -2.29. The lowest BCUT2D eigenvalue weighted by molar-refractivity contribution is -0.124. The lowest BCUT2D eigenvalue weighted by Crippen LogP contribution is -2.43. The van der Waals surface area contributed by atoms with Crippen molar-refractivity contribution in [2.45, 2.75) is 45.6 Å². The Morgan fingerprint density at radius 3 is 2.80 bits per heavy atom. The molecule has 0 unspecified atom stereocenters. The maximum Gasteiger partial charge on any atom is 0.258 e. The minimum absolute atomic E-state index is 0.0880. The molecule has 25 heavy (non-hydrogen) atoms. The standard InChI is InChI=1S/C19H22Cl2N2O2/c1-11-5-3-4-6-16(11)23-17(24)10-25-19-15(21)9-14(20)13-8-7-12(2)22-18(13)19/h7-9,11,16H,3-6,10H2,1-2H3,(H,23,24)/t11-,16-/m1/s1. The Labute approximate surface area is 157 Å². The summed E-state index contributed by atoms with van der Waals surface area (Å²) in [6, 6.07) is 5.61. The van der Waals surface area contributed by atoms with Gasteiger partial charge in [-0.2, -0.15) is 0 Å². The molecule has 1 saturated carbocycles. The zero-order chi connectivity index (χ0) is 18.0. The Kier molecular flexibility index (Phi) is 5.70. The Hall–Kier alpha value is -1.52. The maximum atomic E-state index is 12.3. The number of nitrogens with zero attached hydrogens (tertiary/aromatic N) is 1. The number of hydrogen-bond acceptors (Lipinski definition) is 3. The van der Waals surface area contributed by atoms with Crippen molar-refractivity contribution in [3.63, 3.8) is 0 Å². The van der Waals surface area contributed by atoms with E-state index in [4.69, 9.17) is 27.9 Å². The number of aromatic nitrogens is 1. The molecule has 0 bridgehead atoms. The van der Waals surface area contributed by atoms with Crippen LogP contribution in [0.3, 0.4) is 0 Å². The molecule has 1 fully saturated rings. The van der Waals surface area contributed by atoms with E-state index in [2.05, 4.69) is 17.2 Å². The third kappa shape index (κ3) is 4.18. The van der Waals surface area contributed by atoms with Gasteiger partial charge in [0.25, 0.3) is 5.91 Å². The van der Waals surface area contributed by atoms with E-state index in [0.29, 0.717) is 27.2 Å². The van der Waals surface area contributed by atoms with Crippen molar-refractivity contribution in [1.82, 2.24) is 10.3 Å². The largest absolute Gasteiger partial charge is 0.480 e. The van der Waals surface area contributed by atoms with Crippen molar-refractivity contribution >= 4 is 40.0 Å². The fraction of sp³-hybridized carbons (Fsp3) is 0.474. The summed E-state index contributed by atoms with van der Waals surface area (Å²) in [5.74, 6) is 0.768. The fourth-order valence-corrected chi connectivity index (χ4v) is 3.91. The van der Waals surface area contributed by atoms with Crippen LogP contribution < -0.4 is 10.1 Å². The first-order chi connectivity index (χ1) is 12.0. The SMILES string of the molecule is Cc1ccc2c(Cl)cc(Cl)c(OCC(=O)N[C@@H]3CCCC[C@H]3C)c2n1. The molecule has 4 nitrogen and oxygen atoms in total. The van der Waals surface area contributed by atoms with Crippen LogP contribution in [0.4, 0.5) is 0 Å². The molecule has 6 heteroatoms. The summed E-state index contributed by atoms with van der Waals surface area (Å²) < 4.78 is 5.73. The first-order valence-electron chi connectivity index (χ1n) is 8.63. The number of benzene rings is 1. The van der Waals surface area contributed by atoms with E-state index in [9.17, 15) is 4.79 Å². The number of rotatable bonds is 4. The molecule has 1 amide bonds. The van der Waals surface area contributed by atoms with Gasteiger partial charge in [-0.3, -0.25) is 4.79 Å². The van der Waals surface area contributed by atoms with E-state index in [-0.39, 0.29) is 18.6 Å². The maximum absolute atomic E-state index is 12.3. The minimum atomic E-state index is -0.134. The van der Waals surface area contributed by atoms with Crippen LogP contribution in [0.15, 0.2) is 18.2 Å². The van der Waals surface area contributed by atoms with Crippen molar-refractivity contribution in [1.29, 1.82) is 0 Å². The first kappa shape index (κ1) is 18.3. The number of halogens is 2. The van der Waals surface area contributed by atoms with Gasteiger partial charge >= 0.3 is 0 Å². The number of carbonyl (C=O) groups is 1. The van der Waals surface area contributed by atoms with Gasteiger partial charge in [-0.05, 0) is 43.9 Å². The number of nitrogens with one attached hydrogen (secondary N) is 1. The molecule has 1 heterocycles. The van der Waals surface area contributed by atoms with E-state index in [1.54, 1.807) is 6.07 Å². The number of fused-ring (bicyclic) bond motifs is 1. The van der Waals surface area contributed by atoms with Crippen LogP contribution >= 0.6 is 23.2 Å². The molecule has 1 aromatic heterocycles. The predicted molar refractivity (Wildman–Crippen MR) is 102 cm³/mol.